The van der Waals surface area contributed by atoms with E-state index in [1.807, 2.05) is 16.7 Å². The average molecular weight is 596 g/mol. The Morgan fingerprint density at radius 2 is 0.957 bits per heavy atom. The topological polar surface area (TPSA) is 30.2 Å². The van der Waals surface area contributed by atoms with Gasteiger partial charge in [0.1, 0.15) is 0 Å². The summed E-state index contributed by atoms with van der Waals surface area (Å²) in [4.78, 5) is 9.34. The van der Waals surface area contributed by atoms with Crippen molar-refractivity contribution in [1.29, 1.82) is 0 Å². The molecule has 11 aromatic rings. The van der Waals surface area contributed by atoms with E-state index in [1.54, 1.807) is 6.20 Å². The molecule has 3 heteroatoms. The maximum atomic E-state index is 4.88. The summed E-state index contributed by atoms with van der Waals surface area (Å²) in [6.07, 6.45) is 5.85. The fourth-order valence-corrected chi connectivity index (χ4v) is 8.24. The van der Waals surface area contributed by atoms with Gasteiger partial charge in [0.2, 0.25) is 5.78 Å². The van der Waals surface area contributed by atoms with Crippen LogP contribution in [0.2, 0.25) is 0 Å². The highest BCUT2D eigenvalue weighted by atomic mass is 15.1. The summed E-state index contributed by atoms with van der Waals surface area (Å²) in [7, 11) is 0. The van der Waals surface area contributed by atoms with E-state index >= 15 is 0 Å². The van der Waals surface area contributed by atoms with Gasteiger partial charge in [0, 0.05) is 24.2 Å². The Bertz CT molecular complexity index is 3040. The molecule has 0 aliphatic heterocycles. The van der Waals surface area contributed by atoms with Crippen LogP contribution in [-0.4, -0.2) is 14.4 Å². The Kier molecular flexibility index (Phi) is 4.84. The van der Waals surface area contributed by atoms with Gasteiger partial charge in [-0.2, -0.15) is 0 Å². The van der Waals surface area contributed by atoms with E-state index in [0.29, 0.717) is 5.78 Å². The van der Waals surface area contributed by atoms with E-state index in [2.05, 4.69) is 139 Å². The van der Waals surface area contributed by atoms with Gasteiger partial charge in [-0.1, -0.05) is 121 Å². The largest absolute Gasteiger partial charge is 0.291 e. The molecule has 0 unspecified atom stereocenters. The number of nitrogens with zero attached hydrogens (tertiary/aromatic N) is 3. The Morgan fingerprint density at radius 3 is 1.66 bits per heavy atom. The molecule has 3 nitrogen and oxygen atoms in total. The molecule has 0 bridgehead atoms. The molecule has 9 aromatic carbocycles. The molecule has 0 saturated carbocycles. The first-order valence-corrected chi connectivity index (χ1v) is 16.1. The minimum absolute atomic E-state index is 0.702. The molecule has 0 spiro atoms. The SMILES string of the molecule is c1ccc2c(-c3cc4cccc5c6cccc7ccc8cccc(c9cccc3c9c45)c8c76)ccc(-c3cn4cccnc4n3)c2c1. The second kappa shape index (κ2) is 9.12. The average Bonchev–Trinajstić information content (AvgIpc) is 3.56. The number of hydrogen-bond acceptors (Lipinski definition) is 2. The van der Waals surface area contributed by atoms with Crippen molar-refractivity contribution in [2.45, 2.75) is 0 Å². The van der Waals surface area contributed by atoms with Gasteiger partial charge in [0.05, 0.1) is 5.69 Å². The van der Waals surface area contributed by atoms with Crippen molar-refractivity contribution >= 4 is 81.2 Å². The minimum atomic E-state index is 0.702. The highest BCUT2D eigenvalue weighted by Crippen LogP contribution is 2.47. The fourth-order valence-electron chi connectivity index (χ4n) is 8.24. The van der Waals surface area contributed by atoms with Crippen LogP contribution in [0.3, 0.4) is 0 Å². The lowest BCUT2D eigenvalue weighted by Gasteiger charge is -2.19. The number of imidazole rings is 1. The minimum Gasteiger partial charge on any atom is -0.291 e. The van der Waals surface area contributed by atoms with Gasteiger partial charge in [0.25, 0.3) is 0 Å². The van der Waals surface area contributed by atoms with Gasteiger partial charge < -0.3 is 0 Å². The second-order valence-corrected chi connectivity index (χ2v) is 12.6. The van der Waals surface area contributed by atoms with Crippen molar-refractivity contribution in [3.63, 3.8) is 0 Å². The fraction of sp³-hybridized carbons (Fsp3) is 0. The van der Waals surface area contributed by atoms with E-state index < -0.39 is 0 Å². The molecule has 0 aliphatic rings. The standard InChI is InChI=1S/C44H25N3/c1-2-12-30-29(11-1)31(20-21-32(30)39-25-47-23-7-22-45-44(47)46-39)38-24-28-10-5-15-34-33-13-3-8-26-18-19-27-9-4-14-35(41(27)40(26)33)36-16-6-17-37(38)43(36)42(28)34/h1-25H. The van der Waals surface area contributed by atoms with Crippen LogP contribution in [0.25, 0.3) is 104 Å². The van der Waals surface area contributed by atoms with Crippen molar-refractivity contribution in [1.82, 2.24) is 14.4 Å². The third kappa shape index (κ3) is 3.35. The number of hydrogen-bond donors (Lipinski definition) is 0. The molecule has 216 valence electrons. The summed E-state index contributed by atoms with van der Waals surface area (Å²) in [5.74, 6) is 0.702. The monoisotopic (exact) mass is 595 g/mol. The van der Waals surface area contributed by atoms with E-state index in [-0.39, 0.29) is 0 Å². The normalized spacial score (nSPS) is 12.3. The van der Waals surface area contributed by atoms with Gasteiger partial charge in [-0.25, -0.2) is 9.97 Å². The number of rotatable bonds is 2. The Morgan fingerprint density at radius 1 is 0.404 bits per heavy atom. The van der Waals surface area contributed by atoms with Gasteiger partial charge in [-0.15, -0.1) is 0 Å². The number of benzene rings is 8. The number of fused-ring (bicyclic) bond motifs is 4. The van der Waals surface area contributed by atoms with E-state index in [9.17, 15) is 0 Å². The maximum absolute atomic E-state index is 4.88. The van der Waals surface area contributed by atoms with E-state index in [4.69, 9.17) is 4.98 Å². The summed E-state index contributed by atoms with van der Waals surface area (Å²) in [6.45, 7) is 0. The predicted octanol–water partition coefficient (Wildman–Crippen LogP) is 11.6. The highest BCUT2D eigenvalue weighted by Gasteiger charge is 2.19. The first-order chi connectivity index (χ1) is 23.3. The first kappa shape index (κ1) is 24.9. The van der Waals surface area contributed by atoms with Crippen molar-refractivity contribution < 1.29 is 0 Å². The molecule has 0 N–H and O–H groups in total. The van der Waals surface area contributed by atoms with Crippen LogP contribution in [0.5, 0.6) is 0 Å². The van der Waals surface area contributed by atoms with Crippen molar-refractivity contribution in [3.8, 4) is 22.4 Å². The number of aromatic nitrogens is 3. The van der Waals surface area contributed by atoms with Crippen LogP contribution in [0.4, 0.5) is 0 Å². The smallest absolute Gasteiger partial charge is 0.234 e. The van der Waals surface area contributed by atoms with Crippen LogP contribution < -0.4 is 0 Å². The zero-order valence-corrected chi connectivity index (χ0v) is 25.3. The van der Waals surface area contributed by atoms with Gasteiger partial charge in [0.15, 0.2) is 0 Å². The van der Waals surface area contributed by atoms with Gasteiger partial charge >= 0.3 is 0 Å². The molecule has 0 atom stereocenters. The Labute approximate surface area is 269 Å². The molecule has 0 aliphatic carbocycles. The van der Waals surface area contributed by atoms with Crippen LogP contribution >= 0.6 is 0 Å². The summed E-state index contributed by atoms with van der Waals surface area (Å²) in [6, 6.07) is 49.4. The lowest BCUT2D eigenvalue weighted by molar-refractivity contribution is 1.11. The zero-order valence-electron chi connectivity index (χ0n) is 25.3. The lowest BCUT2D eigenvalue weighted by Crippen LogP contribution is -1.91. The van der Waals surface area contributed by atoms with E-state index in [1.165, 1.54) is 86.5 Å². The highest BCUT2D eigenvalue weighted by molar-refractivity contribution is 6.38. The summed E-state index contributed by atoms with van der Waals surface area (Å²) in [5, 5.41) is 17.9. The van der Waals surface area contributed by atoms with Crippen LogP contribution in [0.15, 0.2) is 152 Å². The van der Waals surface area contributed by atoms with Gasteiger partial charge in [-0.3, -0.25) is 4.40 Å². The molecule has 47 heavy (non-hydrogen) atoms. The summed E-state index contributed by atoms with van der Waals surface area (Å²) in [5.41, 5.74) is 4.49. The summed E-state index contributed by atoms with van der Waals surface area (Å²) < 4.78 is 1.98. The Hall–Kier alpha value is -6.32. The molecule has 2 aromatic heterocycles. The maximum Gasteiger partial charge on any atom is 0.234 e. The molecular formula is C44H25N3. The zero-order chi connectivity index (χ0) is 30.6. The van der Waals surface area contributed by atoms with Crippen molar-refractivity contribution in [2.75, 3.05) is 0 Å². The predicted molar refractivity (Wildman–Crippen MR) is 198 cm³/mol. The second-order valence-electron chi connectivity index (χ2n) is 12.6. The van der Waals surface area contributed by atoms with Crippen molar-refractivity contribution in [3.05, 3.63) is 152 Å². The molecule has 0 fully saturated rings. The third-order valence-electron chi connectivity index (χ3n) is 10.2. The molecule has 2 heterocycles. The first-order valence-electron chi connectivity index (χ1n) is 16.1. The third-order valence-corrected chi connectivity index (χ3v) is 10.2. The van der Waals surface area contributed by atoms with Crippen molar-refractivity contribution in [2.24, 2.45) is 0 Å². The molecule has 0 saturated heterocycles. The quantitative estimate of drug-likeness (QED) is 0.186. The Balaban J connectivity index is 1.31. The van der Waals surface area contributed by atoms with Gasteiger partial charge in [-0.05, 0) is 98.7 Å². The van der Waals surface area contributed by atoms with Crippen LogP contribution in [0, 0.1) is 0 Å². The molecule has 11 rings (SSSR count). The van der Waals surface area contributed by atoms with E-state index in [0.717, 1.165) is 11.3 Å². The molecule has 0 amide bonds. The molecular weight excluding hydrogens is 571 g/mol. The lowest BCUT2D eigenvalue weighted by atomic mass is 9.84. The molecule has 0 radical (unpaired) electrons. The van der Waals surface area contributed by atoms with Crippen LogP contribution in [0.1, 0.15) is 0 Å². The summed E-state index contributed by atoms with van der Waals surface area (Å²) >= 11 is 0. The van der Waals surface area contributed by atoms with Crippen LogP contribution in [-0.2, 0) is 0 Å².